The number of aliphatic hydroxyl groups is 1. The van der Waals surface area contributed by atoms with E-state index in [0.29, 0.717) is 31.5 Å². The molecule has 5 nitrogen and oxygen atoms in total. The van der Waals surface area contributed by atoms with Gasteiger partial charge in [0.2, 0.25) is 0 Å². The summed E-state index contributed by atoms with van der Waals surface area (Å²) in [5.41, 5.74) is -1.44. The normalized spacial score (nSPS) is 30.8. The summed E-state index contributed by atoms with van der Waals surface area (Å²) >= 11 is 0. The molecule has 1 aliphatic heterocycles. The number of rotatable bonds is 5. The molecule has 6 heteroatoms. The van der Waals surface area contributed by atoms with E-state index in [1.54, 1.807) is 0 Å². The van der Waals surface area contributed by atoms with E-state index in [4.69, 9.17) is 0 Å². The number of alkyl halides is 1. The molecule has 1 saturated heterocycles. The van der Waals surface area contributed by atoms with Crippen molar-refractivity contribution in [2.45, 2.75) is 62.7 Å². The van der Waals surface area contributed by atoms with Crippen LogP contribution in [0.5, 0.6) is 0 Å². The Morgan fingerprint density at radius 1 is 1.24 bits per heavy atom. The predicted molar refractivity (Wildman–Crippen MR) is 75.7 cm³/mol. The van der Waals surface area contributed by atoms with E-state index in [1.165, 1.54) is 25.7 Å². The Hall–Kier alpha value is -1.01. The van der Waals surface area contributed by atoms with Gasteiger partial charge >= 0.3 is 0 Å². The van der Waals surface area contributed by atoms with Crippen LogP contribution in [0.25, 0.3) is 0 Å². The van der Waals surface area contributed by atoms with Crippen LogP contribution in [-0.2, 0) is 6.54 Å². The molecule has 3 fully saturated rings. The zero-order chi connectivity index (χ0) is 14.4. The lowest BCUT2D eigenvalue weighted by atomic mass is 9.96. The molecule has 1 aromatic rings. The number of likely N-dealkylation sites (tertiary alicyclic amines) is 1. The second-order valence-corrected chi connectivity index (χ2v) is 6.97. The van der Waals surface area contributed by atoms with Crippen molar-refractivity contribution < 1.29 is 9.50 Å². The van der Waals surface area contributed by atoms with Crippen molar-refractivity contribution >= 4 is 0 Å². The van der Waals surface area contributed by atoms with Gasteiger partial charge in [0.15, 0.2) is 0 Å². The first kappa shape index (κ1) is 13.6. The minimum Gasteiger partial charge on any atom is -0.393 e. The number of aliphatic hydroxyl groups excluding tert-OH is 1. The summed E-state index contributed by atoms with van der Waals surface area (Å²) in [6.07, 6.45) is 6.15. The van der Waals surface area contributed by atoms with E-state index >= 15 is 0 Å². The highest BCUT2D eigenvalue weighted by Crippen LogP contribution is 2.44. The maximum absolute atomic E-state index is 14.3. The first-order chi connectivity index (χ1) is 10.2. The molecule has 1 atom stereocenters. The van der Waals surface area contributed by atoms with Crippen molar-refractivity contribution in [3.05, 3.63) is 11.6 Å². The molecule has 0 aromatic carbocycles. The van der Waals surface area contributed by atoms with Crippen molar-refractivity contribution in [1.82, 2.24) is 19.7 Å². The monoisotopic (exact) mass is 294 g/mol. The summed E-state index contributed by atoms with van der Waals surface area (Å²) in [5.74, 6) is 2.74. The molecule has 4 rings (SSSR count). The molecule has 0 radical (unpaired) electrons. The topological polar surface area (TPSA) is 54.2 Å². The highest BCUT2D eigenvalue weighted by Gasteiger charge is 2.38. The summed E-state index contributed by atoms with van der Waals surface area (Å²) in [6.45, 7) is 1.45. The quantitative estimate of drug-likeness (QED) is 0.899. The van der Waals surface area contributed by atoms with Gasteiger partial charge in [-0.1, -0.05) is 0 Å². The van der Waals surface area contributed by atoms with Gasteiger partial charge in [0.05, 0.1) is 13.2 Å². The second-order valence-electron chi connectivity index (χ2n) is 6.97. The number of hydrogen-bond donors (Lipinski definition) is 1. The maximum Gasteiger partial charge on any atom is 0.147 e. The third-order valence-electron chi connectivity index (χ3n) is 4.90. The molecule has 2 heterocycles. The first-order valence-electron chi connectivity index (χ1n) is 8.14. The molecule has 1 aromatic heterocycles. The zero-order valence-corrected chi connectivity index (χ0v) is 12.3. The summed E-state index contributed by atoms with van der Waals surface area (Å²) in [4.78, 5) is 2.08. The molecule has 1 N–H and O–H groups in total. The minimum atomic E-state index is -1.44. The lowest BCUT2D eigenvalue weighted by Gasteiger charge is -2.35. The molecule has 2 saturated carbocycles. The second kappa shape index (κ2) is 5.02. The Balaban J connectivity index is 1.51. The highest BCUT2D eigenvalue weighted by molar-refractivity contribution is 5.12. The smallest absolute Gasteiger partial charge is 0.147 e. The van der Waals surface area contributed by atoms with Gasteiger partial charge in [-0.3, -0.25) is 4.90 Å². The Morgan fingerprint density at radius 2 is 2.05 bits per heavy atom. The van der Waals surface area contributed by atoms with Crippen molar-refractivity contribution in [3.63, 3.8) is 0 Å². The van der Waals surface area contributed by atoms with E-state index in [1.807, 2.05) is 0 Å². The van der Waals surface area contributed by atoms with E-state index in [-0.39, 0.29) is 6.61 Å². The van der Waals surface area contributed by atoms with Crippen molar-refractivity contribution in [1.29, 1.82) is 0 Å². The van der Waals surface area contributed by atoms with Crippen LogP contribution in [-0.4, -0.2) is 50.1 Å². The fourth-order valence-corrected chi connectivity index (χ4v) is 3.44. The van der Waals surface area contributed by atoms with Gasteiger partial charge < -0.3 is 9.67 Å². The number of hydrogen-bond acceptors (Lipinski definition) is 4. The molecule has 1 unspecified atom stereocenters. The molecular weight excluding hydrogens is 271 g/mol. The van der Waals surface area contributed by atoms with E-state index < -0.39 is 5.67 Å². The molecule has 116 valence electrons. The van der Waals surface area contributed by atoms with Crippen molar-refractivity contribution in [2.75, 3.05) is 19.7 Å². The highest BCUT2D eigenvalue weighted by atomic mass is 19.1. The zero-order valence-electron chi connectivity index (χ0n) is 12.3. The van der Waals surface area contributed by atoms with Crippen LogP contribution in [0.15, 0.2) is 0 Å². The summed E-state index contributed by atoms with van der Waals surface area (Å²) in [5, 5.41) is 18.0. The van der Waals surface area contributed by atoms with Crippen molar-refractivity contribution in [3.8, 4) is 0 Å². The SMILES string of the molecule is OCC1(F)CCCN(Cc2nnc(C3CC3)n2C2CC2)C1. The number of aromatic nitrogens is 3. The van der Waals surface area contributed by atoms with Gasteiger partial charge in [0, 0.05) is 18.5 Å². The first-order valence-corrected chi connectivity index (χ1v) is 8.14. The fraction of sp³-hybridized carbons (Fsp3) is 0.867. The van der Waals surface area contributed by atoms with E-state index in [2.05, 4.69) is 19.7 Å². The largest absolute Gasteiger partial charge is 0.393 e. The maximum atomic E-state index is 14.3. The Bertz CT molecular complexity index is 526. The third kappa shape index (κ3) is 2.71. The molecule has 0 bridgehead atoms. The molecule has 21 heavy (non-hydrogen) atoms. The van der Waals surface area contributed by atoms with Gasteiger partial charge in [0.1, 0.15) is 17.3 Å². The van der Waals surface area contributed by atoms with E-state index in [0.717, 1.165) is 24.6 Å². The van der Waals surface area contributed by atoms with Gasteiger partial charge in [-0.05, 0) is 45.1 Å². The molecule has 2 aliphatic carbocycles. The third-order valence-corrected chi connectivity index (χ3v) is 4.90. The van der Waals surface area contributed by atoms with Crippen LogP contribution >= 0.6 is 0 Å². The molecule has 3 aliphatic rings. The Labute approximate surface area is 124 Å². The van der Waals surface area contributed by atoms with Crippen LogP contribution in [0.2, 0.25) is 0 Å². The molecular formula is C15H23FN4O. The van der Waals surface area contributed by atoms with Crippen molar-refractivity contribution in [2.24, 2.45) is 0 Å². The van der Waals surface area contributed by atoms with Gasteiger partial charge in [-0.25, -0.2) is 4.39 Å². The summed E-state index contributed by atoms with van der Waals surface area (Å²) in [6, 6.07) is 0.573. The van der Waals surface area contributed by atoms with E-state index in [9.17, 15) is 9.50 Å². The number of piperidine rings is 1. The summed E-state index contributed by atoms with van der Waals surface area (Å²) < 4.78 is 16.7. The number of nitrogens with zero attached hydrogens (tertiary/aromatic N) is 4. The standard InChI is InChI=1S/C15H23FN4O/c16-15(10-21)6-1-7-19(9-15)8-13-17-18-14(11-2-3-11)20(13)12-4-5-12/h11-12,21H,1-10H2. The van der Waals surface area contributed by atoms with Crippen LogP contribution in [0.1, 0.15) is 62.1 Å². The lowest BCUT2D eigenvalue weighted by Crippen LogP contribution is -2.47. The average molecular weight is 294 g/mol. The van der Waals surface area contributed by atoms with Gasteiger partial charge in [-0.2, -0.15) is 0 Å². The Morgan fingerprint density at radius 3 is 2.71 bits per heavy atom. The minimum absolute atomic E-state index is 0.305. The Kier molecular flexibility index (Phi) is 3.26. The van der Waals surface area contributed by atoms with Crippen LogP contribution in [0.3, 0.4) is 0 Å². The van der Waals surface area contributed by atoms with Gasteiger partial charge in [0.25, 0.3) is 0 Å². The van der Waals surface area contributed by atoms with Crippen LogP contribution < -0.4 is 0 Å². The van der Waals surface area contributed by atoms with Crippen LogP contribution in [0, 0.1) is 0 Å². The average Bonchev–Trinajstić information content (AvgIpc) is 3.39. The molecule has 0 amide bonds. The summed E-state index contributed by atoms with van der Waals surface area (Å²) in [7, 11) is 0. The van der Waals surface area contributed by atoms with Gasteiger partial charge in [-0.15, -0.1) is 10.2 Å². The lowest BCUT2D eigenvalue weighted by molar-refractivity contribution is -0.00495. The fourth-order valence-electron chi connectivity index (χ4n) is 3.44. The van der Waals surface area contributed by atoms with Crippen LogP contribution in [0.4, 0.5) is 4.39 Å². The predicted octanol–water partition coefficient (Wildman–Crippen LogP) is 1.79. The number of halogens is 1. The molecule has 0 spiro atoms.